The zero-order chi connectivity index (χ0) is 12.1. The van der Waals surface area contributed by atoms with Crippen LogP contribution in [0.4, 0.5) is 0 Å². The monoisotopic (exact) mass is 223 g/mol. The van der Waals surface area contributed by atoms with E-state index in [0.717, 1.165) is 16.9 Å². The largest absolute Gasteiger partial charge is 0.497 e. The summed E-state index contributed by atoms with van der Waals surface area (Å²) in [5.74, 6) is 0.368. The Morgan fingerprint density at radius 3 is 2.62 bits per heavy atom. The van der Waals surface area contributed by atoms with Crippen molar-refractivity contribution in [3.63, 3.8) is 0 Å². The van der Waals surface area contributed by atoms with Crippen molar-refractivity contribution in [1.82, 2.24) is 0 Å². The van der Waals surface area contributed by atoms with Crippen molar-refractivity contribution in [2.45, 2.75) is 19.4 Å². The van der Waals surface area contributed by atoms with E-state index >= 15 is 0 Å². The highest BCUT2D eigenvalue weighted by molar-refractivity contribution is 5.75. The Morgan fingerprint density at radius 2 is 2.06 bits per heavy atom. The summed E-state index contributed by atoms with van der Waals surface area (Å²) in [7, 11) is 2.94. The second-order valence-electron chi connectivity index (χ2n) is 3.69. The second kappa shape index (κ2) is 5.51. The van der Waals surface area contributed by atoms with Crippen LogP contribution in [0.15, 0.2) is 18.2 Å². The molecule has 1 atom stereocenters. The van der Waals surface area contributed by atoms with Gasteiger partial charge in [-0.15, -0.1) is 0 Å². The van der Waals surface area contributed by atoms with E-state index in [1.54, 1.807) is 7.11 Å². The molecule has 0 aromatic heterocycles. The molecule has 4 nitrogen and oxygen atoms in total. The minimum atomic E-state index is -0.628. The quantitative estimate of drug-likeness (QED) is 0.775. The van der Waals surface area contributed by atoms with Crippen molar-refractivity contribution in [2.75, 3.05) is 14.2 Å². The number of rotatable bonds is 4. The molecule has 0 bridgehead atoms. The van der Waals surface area contributed by atoms with E-state index in [9.17, 15) is 4.79 Å². The van der Waals surface area contributed by atoms with E-state index in [0.29, 0.717) is 6.42 Å². The minimum absolute atomic E-state index is 0.402. The lowest BCUT2D eigenvalue weighted by molar-refractivity contribution is -0.142. The van der Waals surface area contributed by atoms with Crippen molar-refractivity contribution < 1.29 is 14.3 Å². The van der Waals surface area contributed by atoms with Crippen LogP contribution in [0.2, 0.25) is 0 Å². The van der Waals surface area contributed by atoms with Crippen molar-refractivity contribution >= 4 is 5.97 Å². The van der Waals surface area contributed by atoms with Crippen LogP contribution in [0.1, 0.15) is 11.1 Å². The van der Waals surface area contributed by atoms with Gasteiger partial charge in [0.25, 0.3) is 0 Å². The number of carbonyl (C=O) groups excluding carboxylic acids is 1. The maximum absolute atomic E-state index is 11.2. The van der Waals surface area contributed by atoms with E-state index in [1.165, 1.54) is 7.11 Å². The first-order chi connectivity index (χ1) is 7.56. The van der Waals surface area contributed by atoms with Gasteiger partial charge in [-0.25, -0.2) is 0 Å². The molecular formula is C12H17NO3. The van der Waals surface area contributed by atoms with Crippen LogP contribution in [0.25, 0.3) is 0 Å². The second-order valence-corrected chi connectivity index (χ2v) is 3.69. The Hall–Kier alpha value is -1.55. The van der Waals surface area contributed by atoms with Gasteiger partial charge in [0.05, 0.1) is 14.2 Å². The molecular weight excluding hydrogens is 206 g/mol. The van der Waals surface area contributed by atoms with Crippen LogP contribution in [0, 0.1) is 6.92 Å². The zero-order valence-electron chi connectivity index (χ0n) is 9.82. The summed E-state index contributed by atoms with van der Waals surface area (Å²) in [5.41, 5.74) is 7.73. The molecule has 1 aromatic carbocycles. The summed E-state index contributed by atoms with van der Waals surface area (Å²) in [4.78, 5) is 11.2. The van der Waals surface area contributed by atoms with Crippen LogP contribution >= 0.6 is 0 Å². The number of aryl methyl sites for hydroxylation is 1. The van der Waals surface area contributed by atoms with Gasteiger partial charge in [0, 0.05) is 0 Å². The molecule has 0 fully saturated rings. The lowest BCUT2D eigenvalue weighted by Crippen LogP contribution is -2.33. The van der Waals surface area contributed by atoms with E-state index in [1.807, 2.05) is 25.1 Å². The van der Waals surface area contributed by atoms with Crippen LogP contribution in [-0.2, 0) is 16.0 Å². The molecule has 0 unspecified atom stereocenters. The number of hydrogen-bond donors (Lipinski definition) is 1. The molecule has 0 aliphatic rings. The third kappa shape index (κ3) is 3.24. The highest BCUT2D eigenvalue weighted by Crippen LogP contribution is 2.17. The van der Waals surface area contributed by atoms with Gasteiger partial charge in [-0.3, -0.25) is 4.79 Å². The Morgan fingerprint density at radius 1 is 1.38 bits per heavy atom. The predicted octanol–water partition coefficient (Wildman–Crippen LogP) is 1.05. The van der Waals surface area contributed by atoms with Crippen molar-refractivity contribution in [1.29, 1.82) is 0 Å². The van der Waals surface area contributed by atoms with Crippen molar-refractivity contribution in [3.8, 4) is 5.75 Å². The first-order valence-corrected chi connectivity index (χ1v) is 5.04. The molecule has 0 radical (unpaired) electrons. The molecule has 0 spiro atoms. The van der Waals surface area contributed by atoms with Gasteiger partial charge in [-0.2, -0.15) is 0 Å². The third-order valence-electron chi connectivity index (χ3n) is 2.31. The molecule has 1 rings (SSSR count). The van der Waals surface area contributed by atoms with Gasteiger partial charge in [0.15, 0.2) is 0 Å². The fourth-order valence-electron chi connectivity index (χ4n) is 1.55. The molecule has 0 heterocycles. The molecule has 2 N–H and O–H groups in total. The van der Waals surface area contributed by atoms with Gasteiger partial charge in [0.2, 0.25) is 0 Å². The molecule has 88 valence electrons. The maximum Gasteiger partial charge on any atom is 0.322 e. The molecule has 0 aliphatic heterocycles. The Kier molecular flexibility index (Phi) is 4.31. The summed E-state index contributed by atoms with van der Waals surface area (Å²) in [6.07, 6.45) is 0.449. The summed E-state index contributed by atoms with van der Waals surface area (Å²) in [6.45, 7) is 1.97. The lowest BCUT2D eigenvalue weighted by atomic mass is 10.0. The molecule has 0 amide bonds. The Bertz CT molecular complexity index is 377. The average Bonchev–Trinajstić information content (AvgIpc) is 2.26. The zero-order valence-corrected chi connectivity index (χ0v) is 9.82. The van der Waals surface area contributed by atoms with E-state index in [2.05, 4.69) is 4.74 Å². The summed E-state index contributed by atoms with van der Waals surface area (Å²) < 4.78 is 9.72. The highest BCUT2D eigenvalue weighted by Gasteiger charge is 2.14. The van der Waals surface area contributed by atoms with Gasteiger partial charge in [-0.1, -0.05) is 6.07 Å². The smallest absolute Gasteiger partial charge is 0.322 e. The van der Waals surface area contributed by atoms with Crippen LogP contribution in [0.3, 0.4) is 0 Å². The maximum atomic E-state index is 11.2. The number of carbonyl (C=O) groups is 1. The SMILES string of the molecule is COC(=O)[C@H](N)Cc1cc(C)cc(OC)c1. The molecule has 1 aromatic rings. The molecule has 0 saturated carbocycles. The van der Waals surface area contributed by atoms with Gasteiger partial charge in [-0.05, 0) is 36.6 Å². The number of ether oxygens (including phenoxy) is 2. The standard InChI is InChI=1S/C12H17NO3/c1-8-4-9(6-10(5-8)15-2)7-11(13)12(14)16-3/h4-6,11H,7,13H2,1-3H3/t11-/m1/s1. The summed E-state index contributed by atoms with van der Waals surface area (Å²) in [6, 6.07) is 5.14. The average molecular weight is 223 g/mol. The molecule has 0 aliphatic carbocycles. The van der Waals surface area contributed by atoms with E-state index in [-0.39, 0.29) is 0 Å². The number of methoxy groups -OCH3 is 2. The Balaban J connectivity index is 2.80. The minimum Gasteiger partial charge on any atom is -0.497 e. The van der Waals surface area contributed by atoms with Crippen molar-refractivity contribution in [3.05, 3.63) is 29.3 Å². The van der Waals surface area contributed by atoms with Crippen molar-refractivity contribution in [2.24, 2.45) is 5.73 Å². The van der Waals surface area contributed by atoms with Crippen LogP contribution in [0.5, 0.6) is 5.75 Å². The van der Waals surface area contributed by atoms with E-state index < -0.39 is 12.0 Å². The number of esters is 1. The van der Waals surface area contributed by atoms with Gasteiger partial charge in [0.1, 0.15) is 11.8 Å². The lowest BCUT2D eigenvalue weighted by Gasteiger charge is -2.11. The van der Waals surface area contributed by atoms with Crippen LogP contribution < -0.4 is 10.5 Å². The first-order valence-electron chi connectivity index (χ1n) is 5.04. The topological polar surface area (TPSA) is 61.5 Å². The fraction of sp³-hybridized carbons (Fsp3) is 0.417. The third-order valence-corrected chi connectivity index (χ3v) is 2.31. The summed E-state index contributed by atoms with van der Waals surface area (Å²) in [5, 5.41) is 0. The number of hydrogen-bond acceptors (Lipinski definition) is 4. The van der Waals surface area contributed by atoms with Gasteiger partial charge < -0.3 is 15.2 Å². The first kappa shape index (κ1) is 12.5. The normalized spacial score (nSPS) is 12.0. The van der Waals surface area contributed by atoms with Gasteiger partial charge >= 0.3 is 5.97 Å². The molecule has 16 heavy (non-hydrogen) atoms. The van der Waals surface area contributed by atoms with E-state index in [4.69, 9.17) is 10.5 Å². The predicted molar refractivity (Wildman–Crippen MR) is 61.4 cm³/mol. The fourth-order valence-corrected chi connectivity index (χ4v) is 1.55. The Labute approximate surface area is 95.3 Å². The summed E-state index contributed by atoms with van der Waals surface area (Å²) >= 11 is 0. The van der Waals surface area contributed by atoms with Crippen LogP contribution in [-0.4, -0.2) is 26.2 Å². The number of benzene rings is 1. The number of nitrogens with two attached hydrogens (primary N) is 1. The molecule has 0 saturated heterocycles. The molecule has 4 heteroatoms. The highest BCUT2D eigenvalue weighted by atomic mass is 16.5.